The molecule has 0 atom stereocenters. The highest BCUT2D eigenvalue weighted by atomic mass is 16.1. The third-order valence-electron chi connectivity index (χ3n) is 3.71. The molecule has 92 valence electrons. The van der Waals surface area contributed by atoms with Gasteiger partial charge in [0.25, 0.3) is 0 Å². The van der Waals surface area contributed by atoms with Gasteiger partial charge in [0.15, 0.2) is 5.78 Å². The largest absolute Gasteiger partial charge is 0.294 e. The molecule has 1 aromatic carbocycles. The molecule has 0 aromatic heterocycles. The lowest BCUT2D eigenvalue weighted by Crippen LogP contribution is -2.23. The van der Waals surface area contributed by atoms with Crippen LogP contribution >= 0.6 is 0 Å². The van der Waals surface area contributed by atoms with E-state index in [4.69, 9.17) is 0 Å². The first kappa shape index (κ1) is 10.6. The molecule has 0 radical (unpaired) electrons. The molecule has 3 heteroatoms. The van der Waals surface area contributed by atoms with Crippen molar-refractivity contribution in [2.75, 3.05) is 0 Å². The fourth-order valence-corrected chi connectivity index (χ4v) is 2.77. The third-order valence-corrected chi connectivity index (χ3v) is 3.71. The van der Waals surface area contributed by atoms with Crippen LogP contribution in [-0.4, -0.2) is 17.2 Å². The average molecular weight is 248 g/mol. The number of aryl methyl sites for hydroxylation is 1. The van der Waals surface area contributed by atoms with Gasteiger partial charge in [-0.25, -0.2) is 9.98 Å². The lowest BCUT2D eigenvalue weighted by atomic mass is 9.92. The number of rotatable bonds is 0. The van der Waals surface area contributed by atoms with Gasteiger partial charge in [0.1, 0.15) is 0 Å². The zero-order chi connectivity index (χ0) is 13.0. The maximum atomic E-state index is 12.0. The number of allylic oxidation sites excluding steroid dienone is 3. The fourth-order valence-electron chi connectivity index (χ4n) is 2.77. The van der Waals surface area contributed by atoms with Gasteiger partial charge in [0.2, 0.25) is 0 Å². The topological polar surface area (TPSA) is 41.8 Å². The molecule has 0 amide bonds. The predicted octanol–water partition coefficient (Wildman–Crippen LogP) is 2.86. The third kappa shape index (κ3) is 1.48. The molecule has 2 heterocycles. The maximum Gasteiger partial charge on any atom is 0.171 e. The van der Waals surface area contributed by atoms with Crippen LogP contribution in [0.1, 0.15) is 17.5 Å². The van der Waals surface area contributed by atoms with Crippen molar-refractivity contribution in [3.05, 3.63) is 52.7 Å². The van der Waals surface area contributed by atoms with Crippen LogP contribution in [0, 0.1) is 6.92 Å². The Hall–Kier alpha value is -2.29. The predicted molar refractivity (Wildman–Crippen MR) is 75.2 cm³/mol. The summed E-state index contributed by atoms with van der Waals surface area (Å²) in [6, 6.07) is 6.26. The normalized spacial score (nSPS) is 19.7. The second-order valence-corrected chi connectivity index (χ2v) is 5.12. The smallest absolute Gasteiger partial charge is 0.171 e. The van der Waals surface area contributed by atoms with Gasteiger partial charge >= 0.3 is 0 Å². The highest BCUT2D eigenvalue weighted by molar-refractivity contribution is 6.57. The number of Topliss-reactive ketones (excluding diaryl/α,β-unsaturated/α-hetero) is 1. The number of nitrogens with zero attached hydrogens (tertiary/aromatic N) is 2. The SMILES string of the molecule is Cc1ccc2c(c1)N=C1C(=NC3=C1C(=O)CC=C3)C2. The first-order valence-corrected chi connectivity index (χ1v) is 6.43. The summed E-state index contributed by atoms with van der Waals surface area (Å²) in [6.45, 7) is 2.05. The Kier molecular flexibility index (Phi) is 2.01. The van der Waals surface area contributed by atoms with Gasteiger partial charge < -0.3 is 0 Å². The molecule has 0 spiro atoms. The van der Waals surface area contributed by atoms with Gasteiger partial charge in [-0.15, -0.1) is 0 Å². The molecule has 0 saturated heterocycles. The van der Waals surface area contributed by atoms with E-state index in [0.29, 0.717) is 12.0 Å². The van der Waals surface area contributed by atoms with Gasteiger partial charge in [-0.2, -0.15) is 0 Å². The number of carbonyl (C=O) groups excluding carboxylic acids is 1. The Bertz CT molecular complexity index is 748. The summed E-state index contributed by atoms with van der Waals surface area (Å²) in [5, 5.41) is 0. The standard InChI is InChI=1S/C16H12N2O/c1-9-5-6-10-8-13-16(18-12(10)7-9)15-11(17-13)3-2-4-14(15)19/h2-3,5-7H,4,8H2,1H3. The van der Waals surface area contributed by atoms with E-state index in [1.54, 1.807) is 0 Å². The van der Waals surface area contributed by atoms with E-state index in [1.165, 1.54) is 11.1 Å². The molecule has 3 aliphatic rings. The van der Waals surface area contributed by atoms with E-state index in [2.05, 4.69) is 35.1 Å². The molecule has 19 heavy (non-hydrogen) atoms. The van der Waals surface area contributed by atoms with Crippen LogP contribution in [0.4, 0.5) is 5.69 Å². The van der Waals surface area contributed by atoms with Crippen molar-refractivity contribution < 1.29 is 4.79 Å². The van der Waals surface area contributed by atoms with Gasteiger partial charge in [0.05, 0.1) is 28.4 Å². The van der Waals surface area contributed by atoms with Crippen LogP contribution in [0.15, 0.2) is 51.6 Å². The van der Waals surface area contributed by atoms with Crippen LogP contribution in [-0.2, 0) is 11.2 Å². The summed E-state index contributed by atoms with van der Waals surface area (Å²) in [4.78, 5) is 21.3. The molecule has 0 bridgehead atoms. The number of aliphatic imine (C=N–C) groups is 2. The Labute approximate surface area is 111 Å². The minimum Gasteiger partial charge on any atom is -0.294 e. The van der Waals surface area contributed by atoms with Crippen molar-refractivity contribution in [3.63, 3.8) is 0 Å². The maximum absolute atomic E-state index is 12.0. The summed E-state index contributed by atoms with van der Waals surface area (Å²) < 4.78 is 0. The molecule has 0 N–H and O–H groups in total. The van der Waals surface area contributed by atoms with E-state index in [0.717, 1.165) is 29.2 Å². The monoisotopic (exact) mass is 248 g/mol. The molecule has 1 aliphatic carbocycles. The lowest BCUT2D eigenvalue weighted by molar-refractivity contribution is -0.114. The number of ketones is 1. The highest BCUT2D eigenvalue weighted by Gasteiger charge is 2.33. The van der Waals surface area contributed by atoms with Crippen molar-refractivity contribution in [2.24, 2.45) is 9.98 Å². The van der Waals surface area contributed by atoms with Gasteiger partial charge in [-0.1, -0.05) is 18.2 Å². The summed E-state index contributed by atoms with van der Waals surface area (Å²) >= 11 is 0. The molecule has 2 aliphatic heterocycles. The number of hydrogen-bond donors (Lipinski definition) is 0. The number of hydrogen-bond acceptors (Lipinski definition) is 3. The zero-order valence-corrected chi connectivity index (χ0v) is 10.6. The van der Waals surface area contributed by atoms with Crippen molar-refractivity contribution in [2.45, 2.75) is 19.8 Å². The first-order chi connectivity index (χ1) is 9.22. The van der Waals surface area contributed by atoms with Crippen LogP contribution in [0.25, 0.3) is 0 Å². The van der Waals surface area contributed by atoms with Crippen molar-refractivity contribution in [1.29, 1.82) is 0 Å². The minimum atomic E-state index is 0.131. The quantitative estimate of drug-likeness (QED) is 0.696. The Balaban J connectivity index is 1.91. The van der Waals surface area contributed by atoms with Crippen LogP contribution in [0.5, 0.6) is 0 Å². The molecule has 0 unspecified atom stereocenters. The molecule has 1 aromatic rings. The molecular weight excluding hydrogens is 236 g/mol. The first-order valence-electron chi connectivity index (χ1n) is 6.43. The van der Waals surface area contributed by atoms with Crippen molar-refractivity contribution >= 4 is 22.9 Å². The highest BCUT2D eigenvalue weighted by Crippen LogP contribution is 2.34. The molecule has 0 saturated carbocycles. The molecule has 3 nitrogen and oxygen atoms in total. The van der Waals surface area contributed by atoms with Crippen LogP contribution in [0.3, 0.4) is 0 Å². The van der Waals surface area contributed by atoms with Gasteiger partial charge in [-0.05, 0) is 30.2 Å². The van der Waals surface area contributed by atoms with E-state index < -0.39 is 0 Å². The van der Waals surface area contributed by atoms with Crippen LogP contribution < -0.4 is 0 Å². The summed E-state index contributed by atoms with van der Waals surface area (Å²) in [5.74, 6) is 0.131. The van der Waals surface area contributed by atoms with E-state index in [9.17, 15) is 4.79 Å². The summed E-state index contributed by atoms with van der Waals surface area (Å²) in [5.41, 5.74) is 6.57. The molecule has 4 rings (SSSR count). The number of carbonyl (C=O) groups is 1. The number of fused-ring (bicyclic) bond motifs is 3. The summed E-state index contributed by atoms with van der Waals surface area (Å²) in [6.07, 6.45) is 5.03. The second-order valence-electron chi connectivity index (χ2n) is 5.12. The van der Waals surface area contributed by atoms with Crippen LogP contribution in [0.2, 0.25) is 0 Å². The Morgan fingerprint density at radius 2 is 2.11 bits per heavy atom. The fraction of sp³-hybridized carbons (Fsp3) is 0.188. The molecular formula is C16H12N2O. The Morgan fingerprint density at radius 3 is 3.00 bits per heavy atom. The lowest BCUT2D eigenvalue weighted by Gasteiger charge is -2.16. The summed E-state index contributed by atoms with van der Waals surface area (Å²) in [7, 11) is 0. The van der Waals surface area contributed by atoms with Gasteiger partial charge in [0, 0.05) is 12.8 Å². The van der Waals surface area contributed by atoms with E-state index in [-0.39, 0.29) is 5.78 Å². The van der Waals surface area contributed by atoms with E-state index >= 15 is 0 Å². The zero-order valence-electron chi connectivity index (χ0n) is 10.6. The van der Waals surface area contributed by atoms with Crippen molar-refractivity contribution in [3.8, 4) is 0 Å². The van der Waals surface area contributed by atoms with Crippen molar-refractivity contribution in [1.82, 2.24) is 0 Å². The Morgan fingerprint density at radius 1 is 1.21 bits per heavy atom. The average Bonchev–Trinajstić information content (AvgIpc) is 2.74. The molecule has 0 fully saturated rings. The second kappa shape index (κ2) is 3.60. The van der Waals surface area contributed by atoms with E-state index in [1.807, 2.05) is 12.2 Å². The number of benzene rings is 1. The van der Waals surface area contributed by atoms with Gasteiger partial charge in [-0.3, -0.25) is 4.79 Å². The minimum absolute atomic E-state index is 0.131.